The SMILES string of the molecule is CCCC1(CCC)NC(=O)N(CC(=O)O[C@H](C)C(=O)Nc2cc(C)ccc2C)C1=O. The third-order valence-electron chi connectivity index (χ3n) is 5.22. The number of nitrogens with zero attached hydrogens (tertiary/aromatic N) is 1. The first-order valence-corrected chi connectivity index (χ1v) is 10.3. The lowest BCUT2D eigenvalue weighted by atomic mass is 9.88. The van der Waals surface area contributed by atoms with Crippen molar-refractivity contribution in [3.05, 3.63) is 29.3 Å². The van der Waals surface area contributed by atoms with Crippen molar-refractivity contribution in [2.45, 2.75) is 71.9 Å². The van der Waals surface area contributed by atoms with E-state index < -0.39 is 42.0 Å². The minimum absolute atomic E-state index is 0.416. The smallest absolute Gasteiger partial charge is 0.327 e. The van der Waals surface area contributed by atoms with Crippen molar-refractivity contribution < 1.29 is 23.9 Å². The largest absolute Gasteiger partial charge is 0.451 e. The summed E-state index contributed by atoms with van der Waals surface area (Å²) in [5.74, 6) is -1.72. The first-order valence-electron chi connectivity index (χ1n) is 10.3. The lowest BCUT2D eigenvalue weighted by Gasteiger charge is -2.25. The van der Waals surface area contributed by atoms with Crippen LogP contribution in [0.25, 0.3) is 0 Å². The fourth-order valence-electron chi connectivity index (χ4n) is 3.66. The predicted molar refractivity (Wildman–Crippen MR) is 113 cm³/mol. The topological polar surface area (TPSA) is 105 Å². The second kappa shape index (κ2) is 9.73. The number of anilines is 1. The molecule has 1 saturated heterocycles. The number of ether oxygens (including phenoxy) is 1. The molecule has 0 aliphatic carbocycles. The fraction of sp³-hybridized carbons (Fsp3) is 0.545. The van der Waals surface area contributed by atoms with E-state index in [0.717, 1.165) is 28.9 Å². The van der Waals surface area contributed by atoms with Crippen LogP contribution in [0, 0.1) is 13.8 Å². The summed E-state index contributed by atoms with van der Waals surface area (Å²) in [5, 5.41) is 5.48. The van der Waals surface area contributed by atoms with Crippen LogP contribution in [0.4, 0.5) is 10.5 Å². The molecule has 0 radical (unpaired) electrons. The minimum atomic E-state index is -1.07. The van der Waals surface area contributed by atoms with Crippen LogP contribution < -0.4 is 10.6 Å². The average molecular weight is 418 g/mol. The summed E-state index contributed by atoms with van der Waals surface area (Å²) in [6.07, 6.45) is 1.38. The summed E-state index contributed by atoms with van der Waals surface area (Å²) < 4.78 is 5.18. The maximum Gasteiger partial charge on any atom is 0.327 e. The van der Waals surface area contributed by atoms with Crippen LogP contribution in [0.2, 0.25) is 0 Å². The van der Waals surface area contributed by atoms with Crippen LogP contribution in [-0.2, 0) is 19.1 Å². The van der Waals surface area contributed by atoms with Crippen LogP contribution in [0.15, 0.2) is 18.2 Å². The highest BCUT2D eigenvalue weighted by Crippen LogP contribution is 2.28. The molecule has 1 fully saturated rings. The van der Waals surface area contributed by atoms with Crippen molar-refractivity contribution in [1.29, 1.82) is 0 Å². The Hall–Kier alpha value is -2.90. The quantitative estimate of drug-likeness (QED) is 0.475. The summed E-state index contributed by atoms with van der Waals surface area (Å²) in [6, 6.07) is 5.05. The number of rotatable bonds is 9. The number of imide groups is 1. The predicted octanol–water partition coefficient (Wildman–Crippen LogP) is 3.06. The van der Waals surface area contributed by atoms with Gasteiger partial charge in [-0.25, -0.2) is 4.79 Å². The fourth-order valence-corrected chi connectivity index (χ4v) is 3.66. The summed E-state index contributed by atoms with van der Waals surface area (Å²) in [5.41, 5.74) is 1.55. The number of amides is 4. The van der Waals surface area contributed by atoms with E-state index in [1.165, 1.54) is 6.92 Å². The van der Waals surface area contributed by atoms with Crippen molar-refractivity contribution in [3.8, 4) is 0 Å². The van der Waals surface area contributed by atoms with Crippen LogP contribution in [0.3, 0.4) is 0 Å². The van der Waals surface area contributed by atoms with Gasteiger partial charge in [-0.2, -0.15) is 0 Å². The Morgan fingerprint density at radius 2 is 1.80 bits per heavy atom. The monoisotopic (exact) mass is 417 g/mol. The number of esters is 1. The Balaban J connectivity index is 1.99. The van der Waals surface area contributed by atoms with Gasteiger partial charge < -0.3 is 15.4 Å². The van der Waals surface area contributed by atoms with Crippen molar-refractivity contribution in [1.82, 2.24) is 10.2 Å². The van der Waals surface area contributed by atoms with E-state index in [-0.39, 0.29) is 0 Å². The molecule has 4 amide bonds. The third kappa shape index (κ3) is 5.17. The van der Waals surface area contributed by atoms with Crippen molar-refractivity contribution in [2.24, 2.45) is 0 Å². The Bertz CT molecular complexity index is 830. The molecule has 0 unspecified atom stereocenters. The first kappa shape index (κ1) is 23.4. The van der Waals surface area contributed by atoms with Gasteiger partial charge in [0, 0.05) is 5.69 Å². The zero-order valence-corrected chi connectivity index (χ0v) is 18.3. The number of benzene rings is 1. The first-order chi connectivity index (χ1) is 14.1. The molecule has 0 saturated carbocycles. The van der Waals surface area contributed by atoms with Gasteiger partial charge >= 0.3 is 12.0 Å². The third-order valence-corrected chi connectivity index (χ3v) is 5.22. The van der Waals surface area contributed by atoms with Gasteiger partial charge in [-0.3, -0.25) is 19.3 Å². The Kier molecular flexibility index (Phi) is 7.59. The average Bonchev–Trinajstić information content (AvgIpc) is 2.89. The van der Waals surface area contributed by atoms with Crippen LogP contribution >= 0.6 is 0 Å². The van der Waals surface area contributed by atoms with Gasteiger partial charge in [-0.15, -0.1) is 0 Å². The molecule has 0 aromatic heterocycles. The maximum absolute atomic E-state index is 12.8. The molecule has 2 rings (SSSR count). The van der Waals surface area contributed by atoms with E-state index in [9.17, 15) is 19.2 Å². The molecule has 1 aliphatic rings. The summed E-state index contributed by atoms with van der Waals surface area (Å²) >= 11 is 0. The normalized spacial score (nSPS) is 16.2. The molecule has 0 bridgehead atoms. The Morgan fingerprint density at radius 3 is 2.40 bits per heavy atom. The molecule has 1 heterocycles. The van der Waals surface area contributed by atoms with Crippen molar-refractivity contribution >= 4 is 29.5 Å². The van der Waals surface area contributed by atoms with E-state index >= 15 is 0 Å². The molecular weight excluding hydrogens is 386 g/mol. The standard InChI is InChI=1S/C22H31N3O5/c1-6-10-22(11-7-2)20(28)25(21(29)24-22)13-18(26)30-16(5)19(27)23-17-12-14(3)8-9-15(17)4/h8-9,12,16H,6-7,10-11,13H2,1-5H3,(H,23,27)(H,24,29)/t16-/m1/s1. The summed E-state index contributed by atoms with van der Waals surface area (Å²) in [7, 11) is 0. The number of carbonyl (C=O) groups is 4. The van der Waals surface area contributed by atoms with Gasteiger partial charge in [0.15, 0.2) is 6.10 Å². The summed E-state index contributed by atoms with van der Waals surface area (Å²) in [4.78, 5) is 50.8. The number of nitrogens with one attached hydrogen (secondary N) is 2. The van der Waals surface area contributed by atoms with E-state index in [4.69, 9.17) is 4.74 Å². The molecular formula is C22H31N3O5. The maximum atomic E-state index is 12.8. The zero-order chi connectivity index (χ0) is 22.5. The van der Waals surface area contributed by atoms with E-state index in [1.54, 1.807) is 0 Å². The van der Waals surface area contributed by atoms with Gasteiger partial charge in [-0.05, 0) is 50.8 Å². The number of hydrogen-bond acceptors (Lipinski definition) is 5. The number of carbonyl (C=O) groups excluding carboxylic acids is 4. The van der Waals surface area contributed by atoms with E-state index in [1.807, 2.05) is 45.9 Å². The molecule has 2 N–H and O–H groups in total. The molecule has 1 aromatic carbocycles. The van der Waals surface area contributed by atoms with Crippen LogP contribution in [-0.4, -0.2) is 46.9 Å². The number of urea groups is 1. The summed E-state index contributed by atoms with van der Waals surface area (Å²) in [6.45, 7) is 8.56. The molecule has 0 spiro atoms. The molecule has 8 heteroatoms. The minimum Gasteiger partial charge on any atom is -0.451 e. The van der Waals surface area contributed by atoms with Gasteiger partial charge in [0.05, 0.1) is 0 Å². The second-order valence-electron chi connectivity index (χ2n) is 7.84. The van der Waals surface area contributed by atoms with Gasteiger partial charge in [0.1, 0.15) is 12.1 Å². The molecule has 8 nitrogen and oxygen atoms in total. The van der Waals surface area contributed by atoms with Crippen LogP contribution in [0.5, 0.6) is 0 Å². The molecule has 1 atom stereocenters. The Morgan fingerprint density at radius 1 is 1.17 bits per heavy atom. The number of hydrogen-bond donors (Lipinski definition) is 2. The van der Waals surface area contributed by atoms with E-state index in [0.29, 0.717) is 18.5 Å². The molecule has 164 valence electrons. The van der Waals surface area contributed by atoms with E-state index in [2.05, 4.69) is 10.6 Å². The lowest BCUT2D eigenvalue weighted by molar-refractivity contribution is -0.155. The van der Waals surface area contributed by atoms with Gasteiger partial charge in [0.2, 0.25) is 0 Å². The highest BCUT2D eigenvalue weighted by atomic mass is 16.5. The lowest BCUT2D eigenvalue weighted by Crippen LogP contribution is -2.47. The van der Waals surface area contributed by atoms with Gasteiger partial charge in [-0.1, -0.05) is 38.8 Å². The van der Waals surface area contributed by atoms with Gasteiger partial charge in [0.25, 0.3) is 11.8 Å². The second-order valence-corrected chi connectivity index (χ2v) is 7.84. The van der Waals surface area contributed by atoms with Crippen LogP contribution in [0.1, 0.15) is 57.6 Å². The molecule has 1 aromatic rings. The number of aryl methyl sites for hydroxylation is 2. The Labute approximate surface area is 177 Å². The van der Waals surface area contributed by atoms with Crippen molar-refractivity contribution in [3.63, 3.8) is 0 Å². The molecule has 1 aliphatic heterocycles. The molecule has 30 heavy (non-hydrogen) atoms. The highest BCUT2D eigenvalue weighted by Gasteiger charge is 2.50. The zero-order valence-electron chi connectivity index (χ0n) is 18.3. The van der Waals surface area contributed by atoms with Crippen molar-refractivity contribution in [2.75, 3.05) is 11.9 Å². The highest BCUT2D eigenvalue weighted by molar-refractivity contribution is 6.08.